The fourth-order valence-electron chi connectivity index (χ4n) is 0.847. The lowest BCUT2D eigenvalue weighted by molar-refractivity contribution is 0.225. The van der Waals surface area contributed by atoms with Gasteiger partial charge < -0.3 is 0 Å². The summed E-state index contributed by atoms with van der Waals surface area (Å²) in [6.07, 6.45) is 5.34. The van der Waals surface area contributed by atoms with Crippen molar-refractivity contribution in [2.24, 2.45) is 0 Å². The monoisotopic (exact) mass is 233 g/mol. The Kier molecular flexibility index (Phi) is 3.43. The van der Waals surface area contributed by atoms with Crippen LogP contribution >= 0.6 is 0 Å². The Labute approximate surface area is 86.7 Å². The molecule has 0 saturated heterocycles. The van der Waals surface area contributed by atoms with Gasteiger partial charge in [-0.15, -0.1) is 0 Å². The minimum Gasteiger partial charge on any atom is -0.257 e. The van der Waals surface area contributed by atoms with Crippen molar-refractivity contribution >= 4 is 16.3 Å². The second-order valence-electron chi connectivity index (χ2n) is 2.75. The molecule has 0 aliphatic heterocycles. The van der Waals surface area contributed by atoms with Crippen molar-refractivity contribution in [2.75, 3.05) is 6.26 Å². The first-order valence-electron chi connectivity index (χ1n) is 4.05. The van der Waals surface area contributed by atoms with E-state index in [9.17, 15) is 13.2 Å². The van der Waals surface area contributed by atoms with Gasteiger partial charge in [0.15, 0.2) is 6.73 Å². The van der Waals surface area contributed by atoms with Crippen LogP contribution in [0.2, 0.25) is 0 Å². The van der Waals surface area contributed by atoms with E-state index in [-0.39, 0.29) is 0 Å². The van der Waals surface area contributed by atoms with E-state index in [1.165, 1.54) is 17.1 Å². The lowest BCUT2D eigenvalue weighted by Gasteiger charge is -1.98. The Morgan fingerprint density at radius 2 is 2.27 bits per heavy atom. The predicted octanol–water partition coefficient (Wildman–Crippen LogP) is -0.531. The molecule has 1 aromatic rings. The molecule has 0 unspecified atom stereocenters. The van der Waals surface area contributed by atoms with Crippen LogP contribution in [0.15, 0.2) is 17.2 Å². The van der Waals surface area contributed by atoms with Gasteiger partial charge >= 0.3 is 5.69 Å². The molecule has 1 heterocycles. The number of hydrogen-bond acceptors (Lipinski definition) is 5. The number of allylic oxidation sites excluding steroid dienone is 1. The highest BCUT2D eigenvalue weighted by Crippen LogP contribution is 1.89. The fourth-order valence-corrected chi connectivity index (χ4v) is 1.14. The highest BCUT2D eigenvalue weighted by atomic mass is 32.2. The summed E-state index contributed by atoms with van der Waals surface area (Å²) in [6, 6.07) is 0. The molecule has 0 fully saturated rings. The van der Waals surface area contributed by atoms with Crippen molar-refractivity contribution in [3.63, 3.8) is 0 Å². The smallest absolute Gasteiger partial charge is 0.257 e. The van der Waals surface area contributed by atoms with Gasteiger partial charge in [-0.05, 0) is 6.92 Å². The Morgan fingerprint density at radius 3 is 2.80 bits per heavy atom. The van der Waals surface area contributed by atoms with E-state index in [1.54, 1.807) is 13.0 Å². The Balaban J connectivity index is 2.85. The molecule has 1 rings (SSSR count). The fraction of sp³-hybridized carbons (Fsp3) is 0.429. The first-order chi connectivity index (χ1) is 6.94. The maximum absolute atomic E-state index is 11.4. The van der Waals surface area contributed by atoms with Crippen molar-refractivity contribution < 1.29 is 12.6 Å². The van der Waals surface area contributed by atoms with E-state index in [0.29, 0.717) is 0 Å². The van der Waals surface area contributed by atoms with Crippen molar-refractivity contribution in [3.05, 3.63) is 22.9 Å². The van der Waals surface area contributed by atoms with Crippen molar-refractivity contribution in [1.29, 1.82) is 0 Å². The normalized spacial score (nSPS) is 12.4. The van der Waals surface area contributed by atoms with Crippen LogP contribution in [0.4, 0.5) is 0 Å². The predicted molar refractivity (Wildman–Crippen MR) is 53.4 cm³/mol. The van der Waals surface area contributed by atoms with Gasteiger partial charge in [0, 0.05) is 6.20 Å². The molecule has 0 radical (unpaired) electrons. The standard InChI is InChI=1S/C7H11N3O4S/c1-3-4-9-5-8-10(7(9)11)6-14-15(2,12)13/h3-5H,6H2,1-2H3/b4-3+. The van der Waals surface area contributed by atoms with Crippen LogP contribution < -0.4 is 5.69 Å². The number of aromatic nitrogens is 3. The molecule has 1 aromatic heterocycles. The summed E-state index contributed by atoms with van der Waals surface area (Å²) in [4.78, 5) is 11.4. The number of nitrogens with zero attached hydrogens (tertiary/aromatic N) is 3. The summed E-state index contributed by atoms with van der Waals surface area (Å²) in [6.45, 7) is 1.33. The van der Waals surface area contributed by atoms with Gasteiger partial charge in [0.1, 0.15) is 6.33 Å². The van der Waals surface area contributed by atoms with Gasteiger partial charge in [0.2, 0.25) is 0 Å². The van der Waals surface area contributed by atoms with Crippen LogP contribution in [0.25, 0.3) is 6.20 Å². The molecule has 0 amide bonds. The average Bonchev–Trinajstić information content (AvgIpc) is 2.45. The molecule has 0 aliphatic carbocycles. The SMILES string of the molecule is C/C=C/n1cnn(COS(C)(=O)=O)c1=O. The molecule has 0 saturated carbocycles. The lowest BCUT2D eigenvalue weighted by Crippen LogP contribution is -2.24. The highest BCUT2D eigenvalue weighted by molar-refractivity contribution is 7.85. The second kappa shape index (κ2) is 4.41. The molecule has 0 spiro atoms. The summed E-state index contributed by atoms with van der Waals surface area (Å²) in [5.74, 6) is 0. The molecular formula is C7H11N3O4S. The topological polar surface area (TPSA) is 83.2 Å². The maximum atomic E-state index is 11.4. The van der Waals surface area contributed by atoms with Crippen LogP contribution in [-0.4, -0.2) is 29.0 Å². The van der Waals surface area contributed by atoms with Gasteiger partial charge in [-0.2, -0.15) is 18.2 Å². The first kappa shape index (κ1) is 11.7. The van der Waals surface area contributed by atoms with Gasteiger partial charge in [-0.3, -0.25) is 4.57 Å². The van der Waals surface area contributed by atoms with E-state index < -0.39 is 22.5 Å². The minimum absolute atomic E-state index is 0.414. The molecule has 7 nitrogen and oxygen atoms in total. The molecule has 0 N–H and O–H groups in total. The lowest BCUT2D eigenvalue weighted by atomic mass is 10.7. The van der Waals surface area contributed by atoms with Crippen LogP contribution in [0, 0.1) is 0 Å². The van der Waals surface area contributed by atoms with E-state index >= 15 is 0 Å². The van der Waals surface area contributed by atoms with Crippen molar-refractivity contribution in [1.82, 2.24) is 14.3 Å². The molecule has 0 bridgehead atoms. The first-order valence-corrected chi connectivity index (χ1v) is 5.87. The van der Waals surface area contributed by atoms with Crippen molar-refractivity contribution in [2.45, 2.75) is 13.7 Å². The van der Waals surface area contributed by atoms with Crippen LogP contribution in [0.1, 0.15) is 6.92 Å². The molecule has 0 atom stereocenters. The van der Waals surface area contributed by atoms with Crippen molar-refractivity contribution in [3.8, 4) is 0 Å². The third kappa shape index (κ3) is 3.33. The zero-order valence-electron chi connectivity index (χ0n) is 8.32. The molecule has 0 aliphatic rings. The molecule has 84 valence electrons. The summed E-state index contributed by atoms with van der Waals surface area (Å²) in [5, 5.41) is 3.66. The third-order valence-corrected chi connectivity index (χ3v) is 1.99. The summed E-state index contributed by atoms with van der Waals surface area (Å²) < 4.78 is 27.9. The summed E-state index contributed by atoms with van der Waals surface area (Å²) in [7, 11) is -3.57. The van der Waals surface area contributed by atoms with Gasteiger partial charge in [0.25, 0.3) is 10.1 Å². The Morgan fingerprint density at radius 1 is 1.60 bits per heavy atom. The van der Waals surface area contributed by atoms with E-state index in [2.05, 4.69) is 9.28 Å². The van der Waals surface area contributed by atoms with E-state index in [0.717, 1.165) is 10.9 Å². The quantitative estimate of drug-likeness (QED) is 0.653. The Bertz CT molecular complexity index is 511. The molecule has 8 heteroatoms. The molecular weight excluding hydrogens is 222 g/mol. The second-order valence-corrected chi connectivity index (χ2v) is 4.40. The summed E-state index contributed by atoms with van der Waals surface area (Å²) >= 11 is 0. The zero-order chi connectivity index (χ0) is 11.5. The molecule has 0 aromatic carbocycles. The highest BCUT2D eigenvalue weighted by Gasteiger charge is 2.06. The Hall–Kier alpha value is -1.41. The number of rotatable bonds is 4. The summed E-state index contributed by atoms with van der Waals surface area (Å²) in [5.41, 5.74) is -0.461. The van der Waals surface area contributed by atoms with E-state index in [4.69, 9.17) is 0 Å². The largest absolute Gasteiger partial charge is 0.352 e. The van der Waals surface area contributed by atoms with Gasteiger partial charge in [-0.1, -0.05) is 6.08 Å². The van der Waals surface area contributed by atoms with Gasteiger partial charge in [0.05, 0.1) is 6.26 Å². The van der Waals surface area contributed by atoms with Gasteiger partial charge in [-0.25, -0.2) is 8.98 Å². The molecule has 15 heavy (non-hydrogen) atoms. The zero-order valence-corrected chi connectivity index (χ0v) is 9.14. The van der Waals surface area contributed by atoms with Crippen LogP contribution in [0.3, 0.4) is 0 Å². The number of hydrogen-bond donors (Lipinski definition) is 0. The van der Waals surface area contributed by atoms with Crippen LogP contribution in [-0.2, 0) is 21.0 Å². The minimum atomic E-state index is -3.57. The van der Waals surface area contributed by atoms with Crippen LogP contribution in [0.5, 0.6) is 0 Å². The van der Waals surface area contributed by atoms with E-state index in [1.807, 2.05) is 0 Å². The third-order valence-electron chi connectivity index (χ3n) is 1.46. The maximum Gasteiger partial charge on any atom is 0.352 e. The average molecular weight is 233 g/mol.